The molecule has 1 aliphatic heterocycles. The van der Waals surface area contributed by atoms with Crippen LogP contribution in [0.3, 0.4) is 0 Å². The molecule has 0 saturated carbocycles. The van der Waals surface area contributed by atoms with Crippen molar-refractivity contribution in [3.05, 3.63) is 86.2 Å². The molecule has 0 bridgehead atoms. The molecule has 10 nitrogen and oxygen atoms in total. The van der Waals surface area contributed by atoms with Gasteiger partial charge in [0.25, 0.3) is 11.5 Å². The van der Waals surface area contributed by atoms with E-state index in [1.165, 1.54) is 24.3 Å². The van der Waals surface area contributed by atoms with Crippen LogP contribution in [0.25, 0.3) is 11.4 Å². The number of halogens is 1. The molecule has 5 rings (SSSR count). The summed E-state index contributed by atoms with van der Waals surface area (Å²) in [5, 5.41) is 14.4. The number of hydrogen-bond donors (Lipinski definition) is 2. The Hall–Kier alpha value is -3.96. The van der Waals surface area contributed by atoms with Crippen LogP contribution in [0.15, 0.2) is 65.7 Å². The van der Waals surface area contributed by atoms with E-state index >= 15 is 0 Å². The molecule has 4 heterocycles. The van der Waals surface area contributed by atoms with Gasteiger partial charge >= 0.3 is 0 Å². The Morgan fingerprint density at radius 1 is 1.11 bits per heavy atom. The average molecular weight is 552 g/mol. The number of nitrogens with zero attached hydrogens (tertiary/aromatic N) is 5. The first-order valence-electron chi connectivity index (χ1n) is 12.2. The molecular weight excluding hydrogens is 526 g/mol. The van der Waals surface area contributed by atoms with Gasteiger partial charge in [0.2, 0.25) is 5.91 Å². The molecule has 0 unspecified atom stereocenters. The van der Waals surface area contributed by atoms with Crippen molar-refractivity contribution in [2.75, 3.05) is 18.0 Å². The molecule has 0 aliphatic carbocycles. The first kappa shape index (κ1) is 25.7. The molecule has 1 aliphatic rings. The number of aromatic nitrogens is 4. The van der Waals surface area contributed by atoms with Gasteiger partial charge in [-0.05, 0) is 49.2 Å². The van der Waals surface area contributed by atoms with Gasteiger partial charge in [-0.1, -0.05) is 22.9 Å². The van der Waals surface area contributed by atoms with Crippen molar-refractivity contribution in [3.63, 3.8) is 0 Å². The number of carbonyl (C=O) groups is 2. The quantitative estimate of drug-likeness (QED) is 0.365. The maximum Gasteiger partial charge on any atom is 0.261 e. The third-order valence-corrected chi connectivity index (χ3v) is 7.55. The van der Waals surface area contributed by atoms with Crippen LogP contribution < -0.4 is 21.1 Å². The molecule has 2 N–H and O–H groups in total. The fourth-order valence-electron chi connectivity index (χ4n) is 4.49. The van der Waals surface area contributed by atoms with Crippen molar-refractivity contribution < 1.29 is 9.59 Å². The van der Waals surface area contributed by atoms with Gasteiger partial charge in [0.1, 0.15) is 5.69 Å². The molecule has 4 aromatic rings. The summed E-state index contributed by atoms with van der Waals surface area (Å²) in [5.74, 6) is -0.254. The van der Waals surface area contributed by atoms with Crippen LogP contribution in [0, 0.1) is 0 Å². The van der Waals surface area contributed by atoms with Gasteiger partial charge in [-0.15, -0.1) is 16.4 Å². The number of benzene rings is 1. The van der Waals surface area contributed by atoms with Gasteiger partial charge in [-0.2, -0.15) is 0 Å². The maximum absolute atomic E-state index is 12.5. The second-order valence-corrected chi connectivity index (χ2v) is 10.7. The monoisotopic (exact) mass is 551 g/mol. The Bertz CT molecular complexity index is 1520. The summed E-state index contributed by atoms with van der Waals surface area (Å²) < 4.78 is 3.82. The minimum atomic E-state index is -0.225. The highest BCUT2D eigenvalue weighted by atomic mass is 35.5. The Labute approximate surface area is 227 Å². The Kier molecular flexibility index (Phi) is 7.57. The standard InChI is InChI=1S/C26H26ClN7O3S/c1-17(35)29-18-9-12-32(13-10-18)22-14-20(33-11-3-2-4-25(33)36)5-6-21(22)34-16-19(30-31-34)15-28-26(37)23-7-8-24(27)38-23/h2-8,11,14,16,18H,9-10,12-13,15H2,1H3,(H,28,37)(H,29,35). The highest BCUT2D eigenvalue weighted by Crippen LogP contribution is 2.29. The molecule has 0 atom stereocenters. The van der Waals surface area contributed by atoms with Crippen molar-refractivity contribution in [1.29, 1.82) is 0 Å². The van der Waals surface area contributed by atoms with E-state index in [0.29, 0.717) is 14.9 Å². The highest BCUT2D eigenvalue weighted by molar-refractivity contribution is 7.18. The van der Waals surface area contributed by atoms with Crippen LogP contribution in [0.4, 0.5) is 5.69 Å². The summed E-state index contributed by atoms with van der Waals surface area (Å²) in [4.78, 5) is 39.1. The van der Waals surface area contributed by atoms with Gasteiger partial charge in [0.05, 0.1) is 39.0 Å². The van der Waals surface area contributed by atoms with E-state index in [0.717, 1.165) is 43.0 Å². The lowest BCUT2D eigenvalue weighted by Gasteiger charge is -2.35. The number of hydrogen-bond acceptors (Lipinski definition) is 7. The van der Waals surface area contributed by atoms with Gasteiger partial charge in [-0.3, -0.25) is 19.0 Å². The number of nitrogens with one attached hydrogen (secondary N) is 2. The Morgan fingerprint density at radius 3 is 2.63 bits per heavy atom. The van der Waals surface area contributed by atoms with E-state index in [2.05, 4.69) is 25.8 Å². The predicted molar refractivity (Wildman–Crippen MR) is 147 cm³/mol. The number of thiophene rings is 1. The van der Waals surface area contributed by atoms with E-state index in [4.69, 9.17) is 11.6 Å². The number of amides is 2. The normalized spacial score (nSPS) is 13.9. The van der Waals surface area contributed by atoms with Crippen LogP contribution >= 0.6 is 22.9 Å². The lowest BCUT2D eigenvalue weighted by molar-refractivity contribution is -0.119. The zero-order valence-corrected chi connectivity index (χ0v) is 22.2. The molecule has 1 saturated heterocycles. The average Bonchev–Trinajstić information content (AvgIpc) is 3.57. The van der Waals surface area contributed by atoms with Crippen molar-refractivity contribution in [1.82, 2.24) is 30.2 Å². The van der Waals surface area contributed by atoms with E-state index < -0.39 is 0 Å². The van der Waals surface area contributed by atoms with Gasteiger partial charge in [0.15, 0.2) is 0 Å². The number of carbonyl (C=O) groups excluding carboxylic acids is 2. The van der Waals surface area contributed by atoms with Gasteiger partial charge in [-0.25, -0.2) is 4.68 Å². The molecule has 12 heteroatoms. The molecule has 1 aromatic carbocycles. The summed E-state index contributed by atoms with van der Waals surface area (Å²) in [6, 6.07) is 14.3. The molecule has 38 heavy (non-hydrogen) atoms. The minimum Gasteiger partial charge on any atom is -0.370 e. The zero-order valence-electron chi connectivity index (χ0n) is 20.6. The molecule has 0 spiro atoms. The fourth-order valence-corrected chi connectivity index (χ4v) is 5.45. The minimum absolute atomic E-state index is 0.0287. The largest absolute Gasteiger partial charge is 0.370 e. The second-order valence-electron chi connectivity index (χ2n) is 8.98. The SMILES string of the molecule is CC(=O)NC1CCN(c2cc(-n3ccccc3=O)ccc2-n2cc(CNC(=O)c3ccc(Cl)s3)nn2)CC1. The molecular formula is C26H26ClN7O3S. The van der Waals surface area contributed by atoms with Crippen LogP contribution in [0.5, 0.6) is 0 Å². The highest BCUT2D eigenvalue weighted by Gasteiger charge is 2.23. The van der Waals surface area contributed by atoms with E-state index in [1.54, 1.807) is 39.8 Å². The molecule has 3 aromatic heterocycles. The fraction of sp³-hybridized carbons (Fsp3) is 0.269. The van der Waals surface area contributed by atoms with Crippen LogP contribution in [-0.4, -0.2) is 50.5 Å². The molecule has 2 amide bonds. The smallest absolute Gasteiger partial charge is 0.261 e. The Morgan fingerprint density at radius 2 is 1.92 bits per heavy atom. The Balaban J connectivity index is 1.40. The summed E-state index contributed by atoms with van der Waals surface area (Å²) >= 11 is 7.15. The molecule has 1 fully saturated rings. The molecule has 0 radical (unpaired) electrons. The third kappa shape index (κ3) is 5.79. The summed E-state index contributed by atoms with van der Waals surface area (Å²) in [6.07, 6.45) is 5.12. The first-order valence-corrected chi connectivity index (χ1v) is 13.4. The van der Waals surface area contributed by atoms with Crippen LogP contribution in [0.2, 0.25) is 4.34 Å². The summed E-state index contributed by atoms with van der Waals surface area (Å²) in [5.41, 5.74) is 2.90. The lowest BCUT2D eigenvalue weighted by atomic mass is 10.0. The van der Waals surface area contributed by atoms with Gasteiger partial charge < -0.3 is 15.5 Å². The van der Waals surface area contributed by atoms with Gasteiger partial charge in [0, 0.05) is 38.3 Å². The van der Waals surface area contributed by atoms with Crippen LogP contribution in [0.1, 0.15) is 35.1 Å². The van der Waals surface area contributed by atoms with Crippen molar-refractivity contribution >= 4 is 40.4 Å². The summed E-state index contributed by atoms with van der Waals surface area (Å²) in [7, 11) is 0. The number of pyridine rings is 1. The van der Waals surface area contributed by atoms with Crippen molar-refractivity contribution in [2.45, 2.75) is 32.4 Å². The van der Waals surface area contributed by atoms with Crippen LogP contribution in [-0.2, 0) is 11.3 Å². The zero-order chi connectivity index (χ0) is 26.6. The number of anilines is 1. The molecule has 196 valence electrons. The van der Waals surface area contributed by atoms with E-state index in [1.807, 2.05) is 24.3 Å². The summed E-state index contributed by atoms with van der Waals surface area (Å²) in [6.45, 7) is 3.20. The number of piperidine rings is 1. The lowest BCUT2D eigenvalue weighted by Crippen LogP contribution is -2.44. The van der Waals surface area contributed by atoms with Crippen molar-refractivity contribution in [3.8, 4) is 11.4 Å². The maximum atomic E-state index is 12.5. The van der Waals surface area contributed by atoms with E-state index in [9.17, 15) is 14.4 Å². The topological polar surface area (TPSA) is 114 Å². The predicted octanol–water partition coefficient (Wildman–Crippen LogP) is 3.17. The van der Waals surface area contributed by atoms with Crippen molar-refractivity contribution in [2.24, 2.45) is 0 Å². The number of rotatable bonds is 7. The first-order chi connectivity index (χ1) is 18.4. The second kappa shape index (κ2) is 11.2. The third-order valence-electron chi connectivity index (χ3n) is 6.32. The van der Waals surface area contributed by atoms with E-state index in [-0.39, 0.29) is 30.0 Å².